The first-order chi connectivity index (χ1) is 15.1. The van der Waals surface area contributed by atoms with Gasteiger partial charge in [0.25, 0.3) is 0 Å². The van der Waals surface area contributed by atoms with Crippen LogP contribution in [0.1, 0.15) is 49.9 Å². The second kappa shape index (κ2) is 7.09. The molecule has 0 fully saturated rings. The van der Waals surface area contributed by atoms with Crippen LogP contribution in [0.2, 0.25) is 10.0 Å². The van der Waals surface area contributed by atoms with Crippen LogP contribution in [0.4, 0.5) is 11.5 Å². The molecule has 2 aromatic carbocycles. The fourth-order valence-corrected chi connectivity index (χ4v) is 5.23. The van der Waals surface area contributed by atoms with Gasteiger partial charge in [-0.25, -0.2) is 4.68 Å². The van der Waals surface area contributed by atoms with Gasteiger partial charge in [0.1, 0.15) is 11.2 Å². The Labute approximate surface area is 195 Å². The average molecular weight is 469 g/mol. The molecule has 8 heteroatoms. The molecule has 3 aromatic rings. The van der Waals surface area contributed by atoms with Gasteiger partial charge < -0.3 is 10.6 Å². The Morgan fingerprint density at radius 3 is 2.38 bits per heavy atom. The smallest absolute Gasteiger partial charge is 0.240 e. The summed E-state index contributed by atoms with van der Waals surface area (Å²) in [6, 6.07) is 12.7. The number of aromatic nitrogens is 2. The fourth-order valence-electron chi connectivity index (χ4n) is 4.93. The highest BCUT2D eigenvalue weighted by atomic mass is 35.5. The van der Waals surface area contributed by atoms with Gasteiger partial charge in [-0.05, 0) is 46.9 Å². The second-order valence-electron chi connectivity index (χ2n) is 9.45. The van der Waals surface area contributed by atoms with E-state index in [1.807, 2.05) is 28.9 Å². The molecule has 2 atom stereocenters. The largest absolute Gasteiger partial charge is 0.325 e. The third kappa shape index (κ3) is 3.05. The molecule has 2 unspecified atom stereocenters. The summed E-state index contributed by atoms with van der Waals surface area (Å²) in [6.07, 6.45) is 1.69. The van der Waals surface area contributed by atoms with E-state index in [4.69, 9.17) is 28.3 Å². The first-order valence-corrected chi connectivity index (χ1v) is 11.1. The normalized spacial score (nSPS) is 20.5. The van der Waals surface area contributed by atoms with Gasteiger partial charge in [-0.3, -0.25) is 9.59 Å². The zero-order valence-corrected chi connectivity index (χ0v) is 19.4. The van der Waals surface area contributed by atoms with E-state index in [0.29, 0.717) is 32.7 Å². The van der Waals surface area contributed by atoms with Crippen molar-refractivity contribution in [2.45, 2.75) is 38.6 Å². The summed E-state index contributed by atoms with van der Waals surface area (Å²) in [6.45, 7) is 6.33. The van der Waals surface area contributed by atoms with Gasteiger partial charge in [-0.15, -0.1) is 0 Å². The number of anilines is 2. The van der Waals surface area contributed by atoms with Gasteiger partial charge in [-0.2, -0.15) is 5.10 Å². The first-order valence-electron chi connectivity index (χ1n) is 10.4. The maximum atomic E-state index is 13.3. The lowest BCUT2D eigenvalue weighted by Gasteiger charge is -2.36. The van der Waals surface area contributed by atoms with E-state index < -0.39 is 5.41 Å². The minimum Gasteiger partial charge on any atom is -0.325 e. The molecule has 0 radical (unpaired) electrons. The molecule has 1 aromatic heterocycles. The Morgan fingerprint density at radius 2 is 1.69 bits per heavy atom. The second-order valence-corrected chi connectivity index (χ2v) is 10.3. The van der Waals surface area contributed by atoms with Crippen molar-refractivity contribution in [1.82, 2.24) is 9.78 Å². The molecule has 0 saturated carbocycles. The van der Waals surface area contributed by atoms with Crippen molar-refractivity contribution in [3.8, 4) is 0 Å². The topological polar surface area (TPSA) is 76.0 Å². The first kappa shape index (κ1) is 21.0. The fraction of sp³-hybridized carbons (Fsp3) is 0.292. The van der Waals surface area contributed by atoms with Crippen LogP contribution in [-0.2, 0) is 15.0 Å². The minimum atomic E-state index is -1.17. The van der Waals surface area contributed by atoms with E-state index in [1.165, 1.54) is 0 Å². The van der Waals surface area contributed by atoms with Crippen LogP contribution in [0.25, 0.3) is 0 Å². The molecule has 2 N–H and O–H groups in total. The summed E-state index contributed by atoms with van der Waals surface area (Å²) >= 11 is 12.4. The molecular weight excluding hydrogens is 447 g/mol. The lowest BCUT2D eigenvalue weighted by molar-refractivity contribution is -0.125. The van der Waals surface area contributed by atoms with Crippen molar-refractivity contribution in [1.29, 1.82) is 0 Å². The molecule has 32 heavy (non-hydrogen) atoms. The predicted molar refractivity (Wildman–Crippen MR) is 125 cm³/mol. The van der Waals surface area contributed by atoms with E-state index >= 15 is 0 Å². The number of hydrogen-bond acceptors (Lipinski definition) is 3. The van der Waals surface area contributed by atoms with E-state index in [0.717, 1.165) is 5.56 Å². The van der Waals surface area contributed by atoms with Gasteiger partial charge in [0.05, 0.1) is 12.2 Å². The van der Waals surface area contributed by atoms with E-state index in [-0.39, 0.29) is 29.7 Å². The number of halogens is 2. The zero-order valence-electron chi connectivity index (χ0n) is 17.9. The Morgan fingerprint density at radius 1 is 1.00 bits per heavy atom. The number of carbonyl (C=O) groups is 2. The Hall–Kier alpha value is -2.83. The summed E-state index contributed by atoms with van der Waals surface area (Å²) in [5.74, 6) is 0.0364. The van der Waals surface area contributed by atoms with Gasteiger partial charge in [0.2, 0.25) is 11.8 Å². The predicted octanol–water partition coefficient (Wildman–Crippen LogP) is 5.41. The quantitative estimate of drug-likeness (QED) is 0.527. The molecule has 0 bridgehead atoms. The number of nitrogens with zero attached hydrogens (tertiary/aromatic N) is 2. The van der Waals surface area contributed by atoms with E-state index in [1.54, 1.807) is 24.4 Å². The molecule has 5 rings (SSSR count). The van der Waals surface area contributed by atoms with Crippen LogP contribution in [0.15, 0.2) is 48.7 Å². The van der Waals surface area contributed by atoms with Crippen molar-refractivity contribution in [2.24, 2.45) is 5.41 Å². The van der Waals surface area contributed by atoms with Crippen molar-refractivity contribution in [3.05, 3.63) is 75.4 Å². The number of rotatable bonds is 2. The van der Waals surface area contributed by atoms with Gasteiger partial charge in [0, 0.05) is 27.7 Å². The van der Waals surface area contributed by atoms with Gasteiger partial charge >= 0.3 is 0 Å². The molecule has 2 aliphatic heterocycles. The van der Waals surface area contributed by atoms with Crippen molar-refractivity contribution >= 4 is 46.5 Å². The molecule has 1 spiro atoms. The van der Waals surface area contributed by atoms with E-state index in [2.05, 4.69) is 31.4 Å². The third-order valence-corrected chi connectivity index (χ3v) is 6.75. The third-order valence-electron chi connectivity index (χ3n) is 6.27. The Balaban J connectivity index is 1.74. The average Bonchev–Trinajstić information content (AvgIpc) is 3.23. The maximum absolute atomic E-state index is 13.3. The summed E-state index contributed by atoms with van der Waals surface area (Å²) in [5.41, 5.74) is 1.61. The summed E-state index contributed by atoms with van der Waals surface area (Å²) < 4.78 is 1.81. The highest BCUT2D eigenvalue weighted by molar-refractivity contribution is 6.31. The minimum absolute atomic E-state index is 0.00794. The van der Waals surface area contributed by atoms with Gasteiger partial charge in [-0.1, -0.05) is 56.1 Å². The number of benzene rings is 2. The number of amides is 2. The van der Waals surface area contributed by atoms with Crippen molar-refractivity contribution < 1.29 is 9.59 Å². The Kier molecular flexibility index (Phi) is 4.66. The van der Waals surface area contributed by atoms with Crippen molar-refractivity contribution in [3.63, 3.8) is 0 Å². The van der Waals surface area contributed by atoms with Crippen LogP contribution >= 0.6 is 23.2 Å². The molecule has 2 aliphatic rings. The lowest BCUT2D eigenvalue weighted by atomic mass is 9.71. The summed E-state index contributed by atoms with van der Waals surface area (Å²) in [5, 5.41) is 11.8. The molecular formula is C24H22Cl2N4O2. The zero-order chi connectivity index (χ0) is 22.8. The standard InChI is InChI=1S/C24H22Cl2N4O2/c1-23(2,3)20(13-4-6-14(25)7-5-13)30-21-17(12-27-30)24(11-19(31)29-21)16-10-15(26)8-9-18(16)28-22(24)32/h4-10,12,20H,11H2,1-3H3,(H,28,32)(H,29,31). The van der Waals surface area contributed by atoms with Crippen LogP contribution in [-0.4, -0.2) is 21.6 Å². The molecule has 6 nitrogen and oxygen atoms in total. The molecule has 0 saturated heterocycles. The molecule has 164 valence electrons. The monoisotopic (exact) mass is 468 g/mol. The maximum Gasteiger partial charge on any atom is 0.240 e. The summed E-state index contributed by atoms with van der Waals surface area (Å²) in [4.78, 5) is 26.3. The highest BCUT2D eigenvalue weighted by Gasteiger charge is 2.54. The summed E-state index contributed by atoms with van der Waals surface area (Å²) in [7, 11) is 0. The number of hydrogen-bond donors (Lipinski definition) is 2. The van der Waals surface area contributed by atoms with E-state index in [9.17, 15) is 9.59 Å². The lowest BCUT2D eigenvalue weighted by Crippen LogP contribution is -2.44. The number of carbonyl (C=O) groups excluding carboxylic acids is 2. The van der Waals surface area contributed by atoms with Crippen LogP contribution < -0.4 is 10.6 Å². The number of nitrogens with one attached hydrogen (secondary N) is 2. The van der Waals surface area contributed by atoms with Crippen LogP contribution in [0.5, 0.6) is 0 Å². The SMILES string of the molecule is CC(C)(C)C(c1ccc(Cl)cc1)n1ncc2c1NC(=O)CC21C(=O)Nc2ccc(Cl)cc21. The molecule has 3 heterocycles. The van der Waals surface area contributed by atoms with Gasteiger partial charge in [0.15, 0.2) is 0 Å². The van der Waals surface area contributed by atoms with Crippen LogP contribution in [0.3, 0.4) is 0 Å². The molecule has 2 amide bonds. The Bertz CT molecular complexity index is 1260. The van der Waals surface area contributed by atoms with Crippen LogP contribution in [0, 0.1) is 5.41 Å². The molecule has 0 aliphatic carbocycles. The highest BCUT2D eigenvalue weighted by Crippen LogP contribution is 2.51. The van der Waals surface area contributed by atoms with Crippen molar-refractivity contribution in [2.75, 3.05) is 10.6 Å². The number of fused-ring (bicyclic) bond motifs is 4.